The predicted molar refractivity (Wildman–Crippen MR) is 90.4 cm³/mol. The van der Waals surface area contributed by atoms with E-state index >= 15 is 0 Å². The Balaban J connectivity index is 1.45. The number of anilines is 1. The molecule has 23 heavy (non-hydrogen) atoms. The Morgan fingerprint density at radius 1 is 1.35 bits per heavy atom. The van der Waals surface area contributed by atoms with Crippen LogP contribution in [0.15, 0.2) is 28.7 Å². The SMILES string of the molecule is CN(C)C(=O)CN1CCC(CNc2nc3ccccc3o2)CC1. The number of oxazole rings is 1. The zero-order valence-electron chi connectivity index (χ0n) is 13.8. The van der Waals surface area contributed by atoms with Crippen molar-refractivity contribution < 1.29 is 9.21 Å². The van der Waals surface area contributed by atoms with Gasteiger partial charge in [0.15, 0.2) is 5.58 Å². The molecule has 1 N–H and O–H groups in total. The van der Waals surface area contributed by atoms with E-state index in [4.69, 9.17) is 4.42 Å². The second kappa shape index (κ2) is 7.00. The molecule has 1 fully saturated rings. The molecule has 6 nitrogen and oxygen atoms in total. The average Bonchev–Trinajstić information content (AvgIpc) is 2.97. The second-order valence-electron chi connectivity index (χ2n) is 6.38. The van der Waals surface area contributed by atoms with Gasteiger partial charge in [0, 0.05) is 20.6 Å². The molecule has 0 radical (unpaired) electrons. The summed E-state index contributed by atoms with van der Waals surface area (Å²) >= 11 is 0. The molecule has 0 spiro atoms. The van der Waals surface area contributed by atoms with Gasteiger partial charge in [0.2, 0.25) is 5.91 Å². The quantitative estimate of drug-likeness (QED) is 0.914. The van der Waals surface area contributed by atoms with Crippen LogP contribution in [-0.4, -0.2) is 61.0 Å². The highest BCUT2D eigenvalue weighted by Crippen LogP contribution is 2.21. The fourth-order valence-corrected chi connectivity index (χ4v) is 2.86. The number of carbonyl (C=O) groups is 1. The minimum Gasteiger partial charge on any atom is -0.424 e. The molecule has 2 aromatic rings. The second-order valence-corrected chi connectivity index (χ2v) is 6.38. The summed E-state index contributed by atoms with van der Waals surface area (Å²) in [4.78, 5) is 20.1. The van der Waals surface area contributed by atoms with E-state index in [1.54, 1.807) is 19.0 Å². The number of likely N-dealkylation sites (N-methyl/N-ethyl adjacent to an activating group) is 1. The van der Waals surface area contributed by atoms with E-state index in [2.05, 4.69) is 15.2 Å². The number of amides is 1. The Labute approximate surface area is 136 Å². The first-order valence-electron chi connectivity index (χ1n) is 8.14. The lowest BCUT2D eigenvalue weighted by Crippen LogP contribution is -2.42. The Kier molecular flexibility index (Phi) is 4.81. The molecule has 6 heteroatoms. The highest BCUT2D eigenvalue weighted by molar-refractivity contribution is 5.77. The Bertz CT molecular complexity index is 626. The van der Waals surface area contributed by atoms with Crippen LogP contribution in [0.4, 0.5) is 6.01 Å². The fourth-order valence-electron chi connectivity index (χ4n) is 2.86. The van der Waals surface area contributed by atoms with E-state index in [-0.39, 0.29) is 5.91 Å². The van der Waals surface area contributed by atoms with Crippen molar-refractivity contribution in [1.82, 2.24) is 14.8 Å². The Hall–Kier alpha value is -2.08. The molecule has 2 heterocycles. The van der Waals surface area contributed by atoms with Gasteiger partial charge in [0.05, 0.1) is 6.54 Å². The van der Waals surface area contributed by atoms with Gasteiger partial charge in [-0.15, -0.1) is 0 Å². The van der Waals surface area contributed by atoms with E-state index < -0.39 is 0 Å². The molecule has 1 aromatic heterocycles. The molecular weight excluding hydrogens is 292 g/mol. The number of carbonyl (C=O) groups excluding carboxylic acids is 1. The number of benzene rings is 1. The highest BCUT2D eigenvalue weighted by atomic mass is 16.4. The standard InChI is InChI=1S/C17H24N4O2/c1-20(2)16(22)12-21-9-7-13(8-10-21)11-18-17-19-14-5-3-4-6-15(14)23-17/h3-6,13H,7-12H2,1-2H3,(H,18,19). The van der Waals surface area contributed by atoms with Gasteiger partial charge in [-0.1, -0.05) is 12.1 Å². The van der Waals surface area contributed by atoms with E-state index in [1.807, 2.05) is 24.3 Å². The summed E-state index contributed by atoms with van der Waals surface area (Å²) in [6, 6.07) is 8.37. The van der Waals surface area contributed by atoms with E-state index in [0.29, 0.717) is 18.5 Å². The maximum absolute atomic E-state index is 11.7. The van der Waals surface area contributed by atoms with Crippen LogP contribution in [0, 0.1) is 5.92 Å². The molecule has 0 atom stereocenters. The number of para-hydroxylation sites is 2. The van der Waals surface area contributed by atoms with Crippen LogP contribution in [0.2, 0.25) is 0 Å². The van der Waals surface area contributed by atoms with Crippen molar-refractivity contribution in [3.63, 3.8) is 0 Å². The molecular formula is C17H24N4O2. The topological polar surface area (TPSA) is 61.6 Å². The van der Waals surface area contributed by atoms with Gasteiger partial charge in [0.25, 0.3) is 6.01 Å². The lowest BCUT2D eigenvalue weighted by Gasteiger charge is -2.31. The molecule has 1 saturated heterocycles. The number of nitrogens with zero attached hydrogens (tertiary/aromatic N) is 3. The number of fused-ring (bicyclic) bond motifs is 1. The highest BCUT2D eigenvalue weighted by Gasteiger charge is 2.21. The lowest BCUT2D eigenvalue weighted by molar-refractivity contribution is -0.130. The van der Waals surface area contributed by atoms with Crippen LogP contribution in [0.1, 0.15) is 12.8 Å². The van der Waals surface area contributed by atoms with Crippen LogP contribution < -0.4 is 5.32 Å². The number of hydrogen-bond donors (Lipinski definition) is 1. The fraction of sp³-hybridized carbons (Fsp3) is 0.529. The molecule has 0 saturated carbocycles. The molecule has 0 aliphatic carbocycles. The summed E-state index contributed by atoms with van der Waals surface area (Å²) in [5.41, 5.74) is 1.69. The van der Waals surface area contributed by atoms with Crippen LogP contribution in [0.3, 0.4) is 0 Å². The molecule has 124 valence electrons. The van der Waals surface area contributed by atoms with Crippen LogP contribution >= 0.6 is 0 Å². The Morgan fingerprint density at radius 3 is 2.78 bits per heavy atom. The third-order valence-electron chi connectivity index (χ3n) is 4.40. The van der Waals surface area contributed by atoms with Crippen molar-refractivity contribution >= 4 is 23.0 Å². The van der Waals surface area contributed by atoms with Gasteiger partial charge >= 0.3 is 0 Å². The number of hydrogen-bond acceptors (Lipinski definition) is 5. The summed E-state index contributed by atoms with van der Waals surface area (Å²) in [5.74, 6) is 0.767. The summed E-state index contributed by atoms with van der Waals surface area (Å²) < 4.78 is 5.68. The molecule has 0 unspecified atom stereocenters. The van der Waals surface area contributed by atoms with Crippen molar-refractivity contribution in [1.29, 1.82) is 0 Å². The zero-order chi connectivity index (χ0) is 16.2. The van der Waals surface area contributed by atoms with Crippen LogP contribution in [-0.2, 0) is 4.79 Å². The first-order valence-corrected chi connectivity index (χ1v) is 8.14. The molecule has 1 aliphatic rings. The number of aromatic nitrogens is 1. The average molecular weight is 316 g/mol. The normalized spacial score (nSPS) is 16.6. The van der Waals surface area contributed by atoms with Crippen molar-refractivity contribution in [3.05, 3.63) is 24.3 Å². The van der Waals surface area contributed by atoms with Gasteiger partial charge < -0.3 is 14.6 Å². The zero-order valence-corrected chi connectivity index (χ0v) is 13.8. The predicted octanol–water partition coefficient (Wildman–Crippen LogP) is 2.04. The van der Waals surface area contributed by atoms with Gasteiger partial charge in [0.1, 0.15) is 5.52 Å². The lowest BCUT2D eigenvalue weighted by atomic mass is 9.97. The molecule has 1 amide bonds. The molecule has 0 bridgehead atoms. The number of piperidine rings is 1. The van der Waals surface area contributed by atoms with Gasteiger partial charge in [-0.3, -0.25) is 9.69 Å². The van der Waals surface area contributed by atoms with Gasteiger partial charge in [-0.2, -0.15) is 4.98 Å². The van der Waals surface area contributed by atoms with Crippen molar-refractivity contribution in [2.45, 2.75) is 12.8 Å². The largest absolute Gasteiger partial charge is 0.424 e. The van der Waals surface area contributed by atoms with Crippen LogP contribution in [0.25, 0.3) is 11.1 Å². The minimum atomic E-state index is 0.174. The maximum Gasteiger partial charge on any atom is 0.295 e. The summed E-state index contributed by atoms with van der Waals surface area (Å²) in [6.45, 7) is 3.33. The molecule has 1 aliphatic heterocycles. The maximum atomic E-state index is 11.7. The first kappa shape index (κ1) is 15.8. The van der Waals surface area contributed by atoms with E-state index in [9.17, 15) is 4.79 Å². The number of nitrogens with one attached hydrogen (secondary N) is 1. The van der Waals surface area contributed by atoms with Gasteiger partial charge in [-0.25, -0.2) is 0 Å². The molecule has 1 aromatic carbocycles. The van der Waals surface area contributed by atoms with E-state index in [1.165, 1.54) is 0 Å². The van der Waals surface area contributed by atoms with Crippen molar-refractivity contribution in [2.24, 2.45) is 5.92 Å². The summed E-state index contributed by atoms with van der Waals surface area (Å²) in [6.07, 6.45) is 2.18. The smallest absolute Gasteiger partial charge is 0.295 e. The molecule has 3 rings (SSSR count). The minimum absolute atomic E-state index is 0.174. The van der Waals surface area contributed by atoms with Gasteiger partial charge in [-0.05, 0) is 44.0 Å². The monoisotopic (exact) mass is 316 g/mol. The first-order chi connectivity index (χ1) is 11.1. The number of rotatable bonds is 5. The van der Waals surface area contributed by atoms with Crippen molar-refractivity contribution in [3.8, 4) is 0 Å². The van der Waals surface area contributed by atoms with Crippen molar-refractivity contribution in [2.75, 3.05) is 45.6 Å². The third kappa shape index (κ3) is 4.01. The summed E-state index contributed by atoms with van der Waals surface area (Å²) in [7, 11) is 3.61. The van der Waals surface area contributed by atoms with E-state index in [0.717, 1.165) is 43.6 Å². The third-order valence-corrected chi connectivity index (χ3v) is 4.40. The Morgan fingerprint density at radius 2 is 2.09 bits per heavy atom. The number of likely N-dealkylation sites (tertiary alicyclic amines) is 1. The van der Waals surface area contributed by atoms with Crippen LogP contribution in [0.5, 0.6) is 0 Å². The summed E-state index contributed by atoms with van der Waals surface area (Å²) in [5, 5.41) is 3.31.